The molecular formula is C19H26. The molecule has 0 aromatic heterocycles. The molecule has 2 aromatic rings. The van der Waals surface area contributed by atoms with E-state index in [2.05, 4.69) is 63.2 Å². The van der Waals surface area contributed by atoms with Gasteiger partial charge in [-0.3, -0.25) is 0 Å². The zero-order valence-electron chi connectivity index (χ0n) is 12.5. The Hall–Kier alpha value is -1.30. The fraction of sp³-hybridized carbons (Fsp3) is 0.474. The molecular weight excluding hydrogens is 228 g/mol. The van der Waals surface area contributed by atoms with Gasteiger partial charge in [0.15, 0.2) is 0 Å². The molecule has 0 spiro atoms. The highest BCUT2D eigenvalue weighted by Crippen LogP contribution is 2.24. The maximum atomic E-state index is 2.37. The smallest absolute Gasteiger partial charge is 0.0181 e. The van der Waals surface area contributed by atoms with Crippen molar-refractivity contribution in [3.05, 3.63) is 48.0 Å². The van der Waals surface area contributed by atoms with Crippen molar-refractivity contribution in [3.63, 3.8) is 0 Å². The molecule has 0 amide bonds. The van der Waals surface area contributed by atoms with Crippen LogP contribution in [0.5, 0.6) is 0 Å². The highest BCUT2D eigenvalue weighted by Gasteiger charge is 2.11. The molecule has 0 saturated heterocycles. The third kappa shape index (κ3) is 4.09. The summed E-state index contributed by atoms with van der Waals surface area (Å²) in [6, 6.07) is 15.6. The first-order valence-electron chi connectivity index (χ1n) is 7.66. The molecule has 0 radical (unpaired) electrons. The van der Waals surface area contributed by atoms with E-state index < -0.39 is 0 Å². The number of rotatable bonds is 6. The SMILES string of the molecule is CCCC(Cc1ccc2ccccc2c1)CC(C)C. The molecule has 0 fully saturated rings. The van der Waals surface area contributed by atoms with Gasteiger partial charge in [-0.05, 0) is 41.0 Å². The lowest BCUT2D eigenvalue weighted by Gasteiger charge is -2.18. The van der Waals surface area contributed by atoms with Crippen LogP contribution in [-0.4, -0.2) is 0 Å². The fourth-order valence-electron chi connectivity index (χ4n) is 3.08. The number of hydrogen-bond donors (Lipinski definition) is 0. The fourth-order valence-corrected chi connectivity index (χ4v) is 3.08. The summed E-state index contributed by atoms with van der Waals surface area (Å²) in [6.45, 7) is 6.97. The average molecular weight is 254 g/mol. The Bertz CT molecular complexity index is 510. The third-order valence-electron chi connectivity index (χ3n) is 3.84. The van der Waals surface area contributed by atoms with Gasteiger partial charge in [-0.15, -0.1) is 0 Å². The molecule has 0 heterocycles. The second-order valence-electron chi connectivity index (χ2n) is 6.17. The van der Waals surface area contributed by atoms with Crippen molar-refractivity contribution in [2.45, 2.75) is 46.5 Å². The summed E-state index contributed by atoms with van der Waals surface area (Å²) in [5, 5.41) is 2.72. The van der Waals surface area contributed by atoms with Gasteiger partial charge >= 0.3 is 0 Å². The highest BCUT2D eigenvalue weighted by molar-refractivity contribution is 5.82. The molecule has 0 saturated carbocycles. The van der Waals surface area contributed by atoms with E-state index in [1.54, 1.807) is 0 Å². The minimum absolute atomic E-state index is 0.803. The van der Waals surface area contributed by atoms with Crippen LogP contribution >= 0.6 is 0 Å². The summed E-state index contributed by atoms with van der Waals surface area (Å²) >= 11 is 0. The monoisotopic (exact) mass is 254 g/mol. The molecule has 19 heavy (non-hydrogen) atoms. The minimum atomic E-state index is 0.803. The number of fused-ring (bicyclic) bond motifs is 1. The van der Waals surface area contributed by atoms with E-state index in [0.29, 0.717) is 0 Å². The first-order valence-corrected chi connectivity index (χ1v) is 7.66. The van der Waals surface area contributed by atoms with Gasteiger partial charge in [0.2, 0.25) is 0 Å². The Morgan fingerprint density at radius 2 is 1.68 bits per heavy atom. The summed E-state index contributed by atoms with van der Waals surface area (Å²) in [6.07, 6.45) is 5.23. The number of hydrogen-bond acceptors (Lipinski definition) is 0. The van der Waals surface area contributed by atoms with Crippen molar-refractivity contribution >= 4 is 10.8 Å². The zero-order chi connectivity index (χ0) is 13.7. The first-order chi connectivity index (χ1) is 9.19. The van der Waals surface area contributed by atoms with Crippen molar-refractivity contribution in [2.75, 3.05) is 0 Å². The van der Waals surface area contributed by atoms with Crippen LogP contribution in [0.15, 0.2) is 42.5 Å². The van der Waals surface area contributed by atoms with E-state index in [-0.39, 0.29) is 0 Å². The molecule has 0 bridgehead atoms. The molecule has 0 aliphatic carbocycles. The second-order valence-corrected chi connectivity index (χ2v) is 6.17. The lowest BCUT2D eigenvalue weighted by Crippen LogP contribution is -2.08. The molecule has 1 atom stereocenters. The summed E-state index contributed by atoms with van der Waals surface area (Å²) in [5.74, 6) is 1.64. The molecule has 0 N–H and O–H groups in total. The Kier molecular flexibility index (Phi) is 5.01. The van der Waals surface area contributed by atoms with Crippen LogP contribution in [0.3, 0.4) is 0 Å². The largest absolute Gasteiger partial charge is 0.0654 e. The Morgan fingerprint density at radius 1 is 0.947 bits per heavy atom. The lowest BCUT2D eigenvalue weighted by atomic mass is 9.87. The van der Waals surface area contributed by atoms with Crippen molar-refractivity contribution in [3.8, 4) is 0 Å². The normalized spacial score (nSPS) is 13.1. The number of benzene rings is 2. The molecule has 0 aliphatic rings. The third-order valence-corrected chi connectivity index (χ3v) is 3.84. The molecule has 102 valence electrons. The van der Waals surface area contributed by atoms with Crippen molar-refractivity contribution in [1.29, 1.82) is 0 Å². The Morgan fingerprint density at radius 3 is 2.37 bits per heavy atom. The summed E-state index contributed by atoms with van der Waals surface area (Å²) in [5.41, 5.74) is 1.50. The molecule has 2 aromatic carbocycles. The van der Waals surface area contributed by atoms with Crippen LogP contribution in [0.2, 0.25) is 0 Å². The Balaban J connectivity index is 2.13. The summed E-state index contributed by atoms with van der Waals surface area (Å²) in [4.78, 5) is 0. The summed E-state index contributed by atoms with van der Waals surface area (Å²) in [7, 11) is 0. The van der Waals surface area contributed by atoms with Gasteiger partial charge in [-0.25, -0.2) is 0 Å². The maximum Gasteiger partial charge on any atom is -0.0181 e. The molecule has 0 aliphatic heterocycles. The Labute approximate surface area is 117 Å². The topological polar surface area (TPSA) is 0 Å². The average Bonchev–Trinajstić information content (AvgIpc) is 2.38. The van der Waals surface area contributed by atoms with Crippen LogP contribution < -0.4 is 0 Å². The summed E-state index contributed by atoms with van der Waals surface area (Å²) < 4.78 is 0. The molecule has 0 heteroatoms. The standard InChI is InChI=1S/C19H26/c1-4-7-16(12-15(2)3)13-17-10-11-18-8-5-6-9-19(18)14-17/h5-6,8-11,14-16H,4,7,12-13H2,1-3H3. The predicted octanol–water partition coefficient (Wildman–Crippen LogP) is 5.84. The minimum Gasteiger partial charge on any atom is -0.0654 e. The van der Waals surface area contributed by atoms with E-state index in [9.17, 15) is 0 Å². The van der Waals surface area contributed by atoms with Crippen molar-refractivity contribution < 1.29 is 0 Å². The van der Waals surface area contributed by atoms with E-state index >= 15 is 0 Å². The van der Waals surface area contributed by atoms with Crippen LogP contribution in [0.25, 0.3) is 10.8 Å². The second kappa shape index (κ2) is 6.75. The van der Waals surface area contributed by atoms with Crippen LogP contribution in [-0.2, 0) is 6.42 Å². The van der Waals surface area contributed by atoms with Crippen molar-refractivity contribution in [1.82, 2.24) is 0 Å². The van der Waals surface area contributed by atoms with E-state index in [1.807, 2.05) is 0 Å². The molecule has 2 rings (SSSR count). The van der Waals surface area contributed by atoms with Gasteiger partial charge in [0, 0.05) is 0 Å². The zero-order valence-corrected chi connectivity index (χ0v) is 12.5. The van der Waals surface area contributed by atoms with Gasteiger partial charge in [0.05, 0.1) is 0 Å². The quantitative estimate of drug-likeness (QED) is 0.607. The van der Waals surface area contributed by atoms with Crippen LogP contribution in [0, 0.1) is 11.8 Å². The van der Waals surface area contributed by atoms with E-state index in [4.69, 9.17) is 0 Å². The highest BCUT2D eigenvalue weighted by atomic mass is 14.2. The van der Waals surface area contributed by atoms with E-state index in [1.165, 1.54) is 42.0 Å². The molecule has 1 unspecified atom stereocenters. The van der Waals surface area contributed by atoms with Gasteiger partial charge in [-0.2, -0.15) is 0 Å². The van der Waals surface area contributed by atoms with Crippen LogP contribution in [0.1, 0.15) is 45.6 Å². The lowest BCUT2D eigenvalue weighted by molar-refractivity contribution is 0.381. The first kappa shape index (κ1) is 14.1. The van der Waals surface area contributed by atoms with Gasteiger partial charge in [-0.1, -0.05) is 76.1 Å². The predicted molar refractivity (Wildman–Crippen MR) is 85.5 cm³/mol. The van der Waals surface area contributed by atoms with Gasteiger partial charge < -0.3 is 0 Å². The molecule has 0 nitrogen and oxygen atoms in total. The van der Waals surface area contributed by atoms with Crippen LogP contribution in [0.4, 0.5) is 0 Å². The van der Waals surface area contributed by atoms with Gasteiger partial charge in [0.25, 0.3) is 0 Å². The van der Waals surface area contributed by atoms with Gasteiger partial charge in [0.1, 0.15) is 0 Å². The van der Waals surface area contributed by atoms with Crippen molar-refractivity contribution in [2.24, 2.45) is 11.8 Å². The van der Waals surface area contributed by atoms with E-state index in [0.717, 1.165) is 11.8 Å². The maximum absolute atomic E-state index is 2.37.